The van der Waals surface area contributed by atoms with E-state index in [2.05, 4.69) is 5.32 Å². The second-order valence-corrected chi connectivity index (χ2v) is 6.25. The number of methoxy groups -OCH3 is 1. The molecule has 140 valence electrons. The third-order valence-electron chi connectivity index (χ3n) is 4.28. The minimum absolute atomic E-state index is 0.0324. The molecular weight excluding hydrogens is 346 g/mol. The van der Waals surface area contributed by atoms with Gasteiger partial charge in [-0.2, -0.15) is 0 Å². The Kier molecular flexibility index (Phi) is 5.69. The number of aliphatic hydroxyl groups is 1. The Labute approximate surface area is 156 Å². The predicted octanol–water partition coefficient (Wildman–Crippen LogP) is 2.51. The molecule has 0 saturated heterocycles. The molecule has 0 aliphatic rings. The lowest BCUT2D eigenvalue weighted by molar-refractivity contribution is 0.0610. The lowest BCUT2D eigenvalue weighted by Gasteiger charge is -2.13. The standard InChI is InChI=1S/C21H21NO5/c1-13-18(24)16-9-6-10-17(21(25)22-11-15(23)12-26-2)20(16)27-19(13)14-7-4-3-5-8-14/h3-10,15,23H,11-12H2,1-2H3,(H,22,25)/t15-/m0/s1. The maximum Gasteiger partial charge on any atom is 0.255 e. The Morgan fingerprint density at radius 2 is 1.93 bits per heavy atom. The molecule has 0 radical (unpaired) electrons. The Hall–Kier alpha value is -2.96. The molecule has 0 bridgehead atoms. The lowest BCUT2D eigenvalue weighted by atomic mass is 10.0. The summed E-state index contributed by atoms with van der Waals surface area (Å²) in [5, 5.41) is 12.7. The second-order valence-electron chi connectivity index (χ2n) is 6.25. The van der Waals surface area contributed by atoms with E-state index in [1.54, 1.807) is 25.1 Å². The van der Waals surface area contributed by atoms with Crippen LogP contribution >= 0.6 is 0 Å². The fraction of sp³-hybridized carbons (Fsp3) is 0.238. The van der Waals surface area contributed by atoms with Gasteiger partial charge in [-0.15, -0.1) is 0 Å². The van der Waals surface area contributed by atoms with Crippen LogP contribution in [0.1, 0.15) is 15.9 Å². The molecule has 3 rings (SSSR count). The molecule has 1 heterocycles. The Bertz CT molecular complexity index is 1010. The van der Waals surface area contributed by atoms with E-state index in [4.69, 9.17) is 9.15 Å². The van der Waals surface area contributed by atoms with E-state index in [1.807, 2.05) is 30.3 Å². The summed E-state index contributed by atoms with van der Waals surface area (Å²) in [5.74, 6) is 0.00883. The maximum absolute atomic E-state index is 12.8. The summed E-state index contributed by atoms with van der Waals surface area (Å²) in [6.07, 6.45) is -0.817. The van der Waals surface area contributed by atoms with Gasteiger partial charge in [0.2, 0.25) is 0 Å². The molecule has 0 aliphatic carbocycles. The molecule has 0 saturated carbocycles. The highest BCUT2D eigenvalue weighted by Crippen LogP contribution is 2.27. The normalized spacial score (nSPS) is 12.1. The van der Waals surface area contributed by atoms with Gasteiger partial charge in [0.25, 0.3) is 5.91 Å². The number of amides is 1. The summed E-state index contributed by atoms with van der Waals surface area (Å²) in [6.45, 7) is 1.86. The van der Waals surface area contributed by atoms with Gasteiger partial charge in [-0.05, 0) is 19.1 Å². The molecule has 6 nitrogen and oxygen atoms in total. The summed E-state index contributed by atoms with van der Waals surface area (Å²) in [5.41, 5.74) is 1.54. The maximum atomic E-state index is 12.8. The number of para-hydroxylation sites is 1. The average molecular weight is 367 g/mol. The zero-order valence-electron chi connectivity index (χ0n) is 15.2. The highest BCUT2D eigenvalue weighted by molar-refractivity contribution is 6.05. The number of fused-ring (bicyclic) bond motifs is 1. The number of carbonyl (C=O) groups is 1. The Balaban J connectivity index is 2.06. The zero-order valence-corrected chi connectivity index (χ0v) is 15.2. The van der Waals surface area contributed by atoms with Crippen LogP contribution in [0.3, 0.4) is 0 Å². The quantitative estimate of drug-likeness (QED) is 0.699. The molecule has 0 spiro atoms. The molecule has 2 N–H and O–H groups in total. The van der Waals surface area contributed by atoms with Crippen molar-refractivity contribution in [1.82, 2.24) is 5.32 Å². The summed E-state index contributed by atoms with van der Waals surface area (Å²) >= 11 is 0. The van der Waals surface area contributed by atoms with E-state index in [0.29, 0.717) is 16.7 Å². The van der Waals surface area contributed by atoms with Crippen molar-refractivity contribution in [2.75, 3.05) is 20.3 Å². The Morgan fingerprint density at radius 1 is 1.19 bits per heavy atom. The number of aliphatic hydroxyl groups excluding tert-OH is 1. The number of rotatable bonds is 6. The first kappa shape index (κ1) is 18.8. The average Bonchev–Trinajstić information content (AvgIpc) is 2.69. The second kappa shape index (κ2) is 8.16. The summed E-state index contributed by atoms with van der Waals surface area (Å²) in [7, 11) is 1.47. The van der Waals surface area contributed by atoms with Crippen LogP contribution in [-0.2, 0) is 4.74 Å². The van der Waals surface area contributed by atoms with Crippen molar-refractivity contribution in [3.8, 4) is 11.3 Å². The number of nitrogens with one attached hydrogen (secondary N) is 1. The van der Waals surface area contributed by atoms with Gasteiger partial charge in [0, 0.05) is 24.8 Å². The van der Waals surface area contributed by atoms with Crippen molar-refractivity contribution in [3.05, 3.63) is 69.9 Å². The minimum Gasteiger partial charge on any atom is -0.455 e. The van der Waals surface area contributed by atoms with E-state index < -0.39 is 12.0 Å². The van der Waals surface area contributed by atoms with E-state index in [0.717, 1.165) is 5.56 Å². The molecule has 0 unspecified atom stereocenters. The topological polar surface area (TPSA) is 88.8 Å². The van der Waals surface area contributed by atoms with Gasteiger partial charge in [-0.25, -0.2) is 0 Å². The first-order valence-electron chi connectivity index (χ1n) is 8.60. The van der Waals surface area contributed by atoms with Gasteiger partial charge in [0.15, 0.2) is 11.0 Å². The molecule has 1 aromatic heterocycles. The molecule has 3 aromatic rings. The largest absolute Gasteiger partial charge is 0.455 e. The molecule has 1 amide bonds. The first-order valence-corrected chi connectivity index (χ1v) is 8.60. The number of hydrogen-bond donors (Lipinski definition) is 2. The van der Waals surface area contributed by atoms with Crippen LogP contribution in [0.4, 0.5) is 0 Å². The Morgan fingerprint density at radius 3 is 2.63 bits per heavy atom. The van der Waals surface area contributed by atoms with Gasteiger partial charge in [-0.1, -0.05) is 36.4 Å². The van der Waals surface area contributed by atoms with E-state index in [-0.39, 0.29) is 29.7 Å². The number of carbonyl (C=O) groups excluding carboxylic acids is 1. The number of benzene rings is 2. The minimum atomic E-state index is -0.817. The monoisotopic (exact) mass is 367 g/mol. The van der Waals surface area contributed by atoms with Crippen molar-refractivity contribution in [2.45, 2.75) is 13.0 Å². The molecule has 2 aromatic carbocycles. The summed E-state index contributed by atoms with van der Waals surface area (Å²) in [6, 6.07) is 14.2. The fourth-order valence-corrected chi connectivity index (χ4v) is 2.91. The van der Waals surface area contributed by atoms with Crippen molar-refractivity contribution in [1.29, 1.82) is 0 Å². The van der Waals surface area contributed by atoms with Gasteiger partial charge in [-0.3, -0.25) is 9.59 Å². The van der Waals surface area contributed by atoms with E-state index in [9.17, 15) is 14.7 Å². The van der Waals surface area contributed by atoms with E-state index >= 15 is 0 Å². The fourth-order valence-electron chi connectivity index (χ4n) is 2.91. The third kappa shape index (κ3) is 3.92. The van der Waals surface area contributed by atoms with Crippen LogP contribution in [0.15, 0.2) is 57.7 Å². The SMILES string of the molecule is COC[C@@H](O)CNC(=O)c1cccc2c(=O)c(C)c(-c3ccccc3)oc12. The highest BCUT2D eigenvalue weighted by atomic mass is 16.5. The van der Waals surface area contributed by atoms with Crippen LogP contribution in [0.5, 0.6) is 0 Å². The van der Waals surface area contributed by atoms with Crippen LogP contribution in [0.25, 0.3) is 22.3 Å². The number of ether oxygens (including phenoxy) is 1. The molecule has 0 fully saturated rings. The van der Waals surface area contributed by atoms with Gasteiger partial charge in [0.05, 0.1) is 23.7 Å². The van der Waals surface area contributed by atoms with Crippen LogP contribution in [0, 0.1) is 6.92 Å². The van der Waals surface area contributed by atoms with Crippen LogP contribution in [0.2, 0.25) is 0 Å². The van der Waals surface area contributed by atoms with Crippen LogP contribution < -0.4 is 10.7 Å². The molecule has 1 atom stereocenters. The lowest BCUT2D eigenvalue weighted by Crippen LogP contribution is -2.34. The van der Waals surface area contributed by atoms with Gasteiger partial charge in [0.1, 0.15) is 5.76 Å². The number of hydrogen-bond acceptors (Lipinski definition) is 5. The smallest absolute Gasteiger partial charge is 0.255 e. The van der Waals surface area contributed by atoms with E-state index in [1.165, 1.54) is 7.11 Å². The summed E-state index contributed by atoms with van der Waals surface area (Å²) < 4.78 is 10.9. The van der Waals surface area contributed by atoms with Crippen LogP contribution in [-0.4, -0.2) is 37.4 Å². The van der Waals surface area contributed by atoms with Crippen molar-refractivity contribution >= 4 is 16.9 Å². The molecule has 6 heteroatoms. The molecule has 27 heavy (non-hydrogen) atoms. The van der Waals surface area contributed by atoms with Crippen molar-refractivity contribution in [2.24, 2.45) is 0 Å². The highest BCUT2D eigenvalue weighted by Gasteiger charge is 2.18. The molecule has 0 aliphatic heterocycles. The van der Waals surface area contributed by atoms with Crippen molar-refractivity contribution < 1.29 is 19.1 Å². The first-order chi connectivity index (χ1) is 13.0. The zero-order chi connectivity index (χ0) is 19.4. The predicted molar refractivity (Wildman–Crippen MR) is 103 cm³/mol. The van der Waals surface area contributed by atoms with Gasteiger partial charge < -0.3 is 19.6 Å². The molecular formula is C21H21NO5. The van der Waals surface area contributed by atoms with Gasteiger partial charge >= 0.3 is 0 Å². The van der Waals surface area contributed by atoms with Crippen molar-refractivity contribution in [3.63, 3.8) is 0 Å². The summed E-state index contributed by atoms with van der Waals surface area (Å²) in [4.78, 5) is 25.4. The third-order valence-corrected chi connectivity index (χ3v) is 4.28.